The monoisotopic (exact) mass is 277 g/mol. The van der Waals surface area contributed by atoms with Crippen molar-refractivity contribution in [3.05, 3.63) is 48.5 Å². The van der Waals surface area contributed by atoms with Crippen molar-refractivity contribution in [1.82, 2.24) is 9.55 Å². The maximum Gasteiger partial charge on any atom is 0.321 e. The molecule has 1 heterocycles. The van der Waals surface area contributed by atoms with Crippen LogP contribution in [-0.4, -0.2) is 32.4 Å². The number of hydrogen-bond donors (Lipinski definition) is 2. The largest absolute Gasteiger partial charge is 0.480 e. The van der Waals surface area contributed by atoms with E-state index in [4.69, 9.17) is 10.8 Å². The van der Waals surface area contributed by atoms with Crippen LogP contribution in [0.4, 0.5) is 0 Å². The molecule has 0 aliphatic rings. The molecular weight excluding hydrogens is 262 g/mol. The molecule has 2 rings (SSSR count). The van der Waals surface area contributed by atoms with Gasteiger partial charge in [0.05, 0.1) is 6.33 Å². The summed E-state index contributed by atoms with van der Waals surface area (Å²) in [5.41, 5.74) is 7.63. The number of thioether (sulfide) groups is 1. The molecule has 0 radical (unpaired) electrons. The minimum Gasteiger partial charge on any atom is -0.480 e. The van der Waals surface area contributed by atoms with Crippen LogP contribution < -0.4 is 5.73 Å². The van der Waals surface area contributed by atoms with Gasteiger partial charge in [-0.15, -0.1) is 0 Å². The molecule has 0 aliphatic heterocycles. The van der Waals surface area contributed by atoms with Crippen LogP contribution >= 0.6 is 11.8 Å². The molecule has 1 atom stereocenters. The minimum absolute atomic E-state index is 0.415. The molecule has 0 unspecified atom stereocenters. The Morgan fingerprint density at radius 3 is 2.74 bits per heavy atom. The molecule has 0 fully saturated rings. The zero-order valence-corrected chi connectivity index (χ0v) is 11.1. The number of imidazole rings is 1. The number of nitrogens with zero attached hydrogens (tertiary/aromatic N) is 2. The number of carboxylic acid groups (broad SMARTS) is 1. The summed E-state index contributed by atoms with van der Waals surface area (Å²) in [5, 5.41) is 8.67. The minimum atomic E-state index is -0.956. The van der Waals surface area contributed by atoms with E-state index in [1.54, 1.807) is 12.5 Å². The van der Waals surface area contributed by atoms with Crippen LogP contribution in [0.2, 0.25) is 0 Å². The van der Waals surface area contributed by atoms with E-state index in [0.29, 0.717) is 5.75 Å². The molecule has 1 aromatic carbocycles. The van der Waals surface area contributed by atoms with Gasteiger partial charge in [-0.05, 0) is 17.7 Å². The second-order valence-electron chi connectivity index (χ2n) is 4.10. The Kier molecular flexibility index (Phi) is 4.59. The average molecular weight is 277 g/mol. The van der Waals surface area contributed by atoms with Crippen LogP contribution in [0.5, 0.6) is 0 Å². The average Bonchev–Trinajstić information content (AvgIpc) is 2.93. The normalized spacial score (nSPS) is 12.3. The number of benzene rings is 1. The molecule has 0 saturated heterocycles. The van der Waals surface area contributed by atoms with Gasteiger partial charge in [-0.1, -0.05) is 12.1 Å². The number of carbonyl (C=O) groups is 1. The Hall–Kier alpha value is -1.79. The number of rotatable bonds is 6. The summed E-state index contributed by atoms with van der Waals surface area (Å²) in [6.45, 7) is 0. The third-order valence-electron chi connectivity index (χ3n) is 2.62. The number of nitrogens with two attached hydrogens (primary N) is 1. The van der Waals surface area contributed by atoms with Crippen molar-refractivity contribution in [2.45, 2.75) is 11.8 Å². The highest BCUT2D eigenvalue weighted by molar-refractivity contribution is 7.98. The van der Waals surface area contributed by atoms with Gasteiger partial charge >= 0.3 is 5.97 Å². The Bertz CT molecular complexity index is 525. The number of aromatic nitrogens is 2. The van der Waals surface area contributed by atoms with Crippen molar-refractivity contribution in [3.8, 4) is 5.69 Å². The first kappa shape index (κ1) is 13.6. The highest BCUT2D eigenvalue weighted by atomic mass is 32.2. The lowest BCUT2D eigenvalue weighted by molar-refractivity contribution is -0.137. The van der Waals surface area contributed by atoms with Gasteiger partial charge in [0, 0.05) is 29.6 Å². The molecule has 100 valence electrons. The van der Waals surface area contributed by atoms with E-state index < -0.39 is 12.0 Å². The van der Waals surface area contributed by atoms with Gasteiger partial charge in [-0.25, -0.2) is 4.98 Å². The lowest BCUT2D eigenvalue weighted by Gasteiger charge is -2.07. The summed E-state index contributed by atoms with van der Waals surface area (Å²) in [5.74, 6) is 0.215. The van der Waals surface area contributed by atoms with Crippen molar-refractivity contribution >= 4 is 17.7 Å². The van der Waals surface area contributed by atoms with Gasteiger partial charge in [0.25, 0.3) is 0 Å². The molecule has 1 aromatic heterocycles. The Morgan fingerprint density at radius 1 is 1.42 bits per heavy atom. The third-order valence-corrected chi connectivity index (χ3v) is 3.75. The lowest BCUT2D eigenvalue weighted by Crippen LogP contribution is -2.32. The zero-order valence-electron chi connectivity index (χ0n) is 10.3. The van der Waals surface area contributed by atoms with Gasteiger partial charge < -0.3 is 15.4 Å². The summed E-state index contributed by atoms with van der Waals surface area (Å²) in [7, 11) is 0. The summed E-state index contributed by atoms with van der Waals surface area (Å²) in [4.78, 5) is 14.6. The van der Waals surface area contributed by atoms with Crippen molar-refractivity contribution in [2.24, 2.45) is 5.73 Å². The fraction of sp³-hybridized carbons (Fsp3) is 0.231. The van der Waals surface area contributed by atoms with Crippen molar-refractivity contribution in [1.29, 1.82) is 0 Å². The zero-order chi connectivity index (χ0) is 13.7. The fourth-order valence-corrected chi connectivity index (χ4v) is 2.49. The van der Waals surface area contributed by atoms with Gasteiger partial charge in [0.2, 0.25) is 0 Å². The summed E-state index contributed by atoms with van der Waals surface area (Å²) in [6, 6.07) is 7.27. The second-order valence-corrected chi connectivity index (χ2v) is 5.13. The predicted octanol–water partition coefficient (Wildman–Crippen LogP) is 1.52. The van der Waals surface area contributed by atoms with Crippen molar-refractivity contribution in [3.63, 3.8) is 0 Å². The van der Waals surface area contributed by atoms with Crippen LogP contribution in [0.25, 0.3) is 5.69 Å². The molecule has 0 amide bonds. The number of hydrogen-bond acceptors (Lipinski definition) is 4. The van der Waals surface area contributed by atoms with E-state index in [1.165, 1.54) is 11.8 Å². The van der Waals surface area contributed by atoms with Crippen LogP contribution in [0.1, 0.15) is 5.56 Å². The molecular formula is C13H15N3O2S. The summed E-state index contributed by atoms with van der Waals surface area (Å²) < 4.78 is 1.93. The molecule has 0 spiro atoms. The van der Waals surface area contributed by atoms with Gasteiger partial charge in [-0.2, -0.15) is 11.8 Å². The highest BCUT2D eigenvalue weighted by Gasteiger charge is 2.10. The van der Waals surface area contributed by atoms with Crippen LogP contribution in [-0.2, 0) is 10.5 Å². The van der Waals surface area contributed by atoms with E-state index >= 15 is 0 Å². The molecule has 6 heteroatoms. The molecule has 19 heavy (non-hydrogen) atoms. The van der Waals surface area contributed by atoms with E-state index in [0.717, 1.165) is 17.0 Å². The topological polar surface area (TPSA) is 81.1 Å². The maximum atomic E-state index is 10.6. The molecule has 0 bridgehead atoms. The lowest BCUT2D eigenvalue weighted by atomic mass is 10.2. The first-order chi connectivity index (χ1) is 9.16. The quantitative estimate of drug-likeness (QED) is 0.836. The van der Waals surface area contributed by atoms with Crippen LogP contribution in [0.15, 0.2) is 43.0 Å². The number of carboxylic acids is 1. The van der Waals surface area contributed by atoms with E-state index in [1.807, 2.05) is 35.0 Å². The second kappa shape index (κ2) is 6.40. The number of aliphatic carboxylic acids is 1. The molecule has 5 nitrogen and oxygen atoms in total. The summed E-state index contributed by atoms with van der Waals surface area (Å²) in [6.07, 6.45) is 5.36. The van der Waals surface area contributed by atoms with E-state index in [9.17, 15) is 4.79 Å². The molecule has 0 saturated carbocycles. The SMILES string of the molecule is N[C@H](CSCc1ccc(-n2ccnc2)cc1)C(=O)O. The maximum absolute atomic E-state index is 10.6. The van der Waals surface area contributed by atoms with Crippen molar-refractivity contribution < 1.29 is 9.90 Å². The first-order valence-corrected chi connectivity index (χ1v) is 6.95. The predicted molar refractivity (Wildman–Crippen MR) is 75.3 cm³/mol. The Morgan fingerprint density at radius 2 is 2.16 bits per heavy atom. The van der Waals surface area contributed by atoms with E-state index in [2.05, 4.69) is 4.98 Å². The highest BCUT2D eigenvalue weighted by Crippen LogP contribution is 2.15. The van der Waals surface area contributed by atoms with E-state index in [-0.39, 0.29) is 0 Å². The smallest absolute Gasteiger partial charge is 0.321 e. The first-order valence-electron chi connectivity index (χ1n) is 5.80. The van der Waals surface area contributed by atoms with Crippen LogP contribution in [0, 0.1) is 0 Å². The molecule has 0 aliphatic carbocycles. The summed E-state index contributed by atoms with van der Waals surface area (Å²) >= 11 is 1.52. The fourth-order valence-electron chi connectivity index (χ4n) is 1.55. The van der Waals surface area contributed by atoms with Crippen molar-refractivity contribution in [2.75, 3.05) is 5.75 Å². The van der Waals surface area contributed by atoms with Gasteiger partial charge in [0.1, 0.15) is 6.04 Å². The van der Waals surface area contributed by atoms with Crippen LogP contribution in [0.3, 0.4) is 0 Å². The van der Waals surface area contributed by atoms with Gasteiger partial charge in [-0.3, -0.25) is 4.79 Å². The Labute approximate surface area is 115 Å². The third kappa shape index (κ3) is 3.84. The standard InChI is InChI=1S/C13H15N3O2S/c14-12(13(17)18)8-19-7-10-1-3-11(4-2-10)16-6-5-15-9-16/h1-6,9,12H,7-8,14H2,(H,17,18)/t12-/m1/s1. The molecule has 2 aromatic rings. The molecule has 3 N–H and O–H groups in total. The Balaban J connectivity index is 1.87. The van der Waals surface area contributed by atoms with Gasteiger partial charge in [0.15, 0.2) is 0 Å².